The highest BCUT2D eigenvalue weighted by Crippen LogP contribution is 2.14. The number of hydrogen-bond donors (Lipinski definition) is 0. The molecule has 0 aliphatic carbocycles. The van der Waals surface area contributed by atoms with Crippen molar-refractivity contribution in [2.75, 3.05) is 0 Å². The minimum atomic E-state index is -0.592. The van der Waals surface area contributed by atoms with E-state index in [1.54, 1.807) is 20.8 Å². The summed E-state index contributed by atoms with van der Waals surface area (Å²) < 4.78 is 4.34. The van der Waals surface area contributed by atoms with Crippen LogP contribution in [0.25, 0.3) is 0 Å². The monoisotopic (exact) mass is 144 g/mol. The molecular weight excluding hydrogens is 132 g/mol. The summed E-state index contributed by atoms with van der Waals surface area (Å²) in [6.07, 6.45) is 0. The topological polar surface area (TPSA) is 43.4 Å². The summed E-state index contributed by atoms with van der Waals surface area (Å²) in [5.41, 5.74) is -0.592. The van der Waals surface area contributed by atoms with E-state index >= 15 is 0 Å². The number of carbonyl (C=O) groups is 2. The van der Waals surface area contributed by atoms with Gasteiger partial charge in [-0.05, 0) is 20.8 Å². The molecule has 0 rings (SSSR count). The van der Waals surface area contributed by atoms with Crippen LogP contribution < -0.4 is 0 Å². The third-order valence-electron chi connectivity index (χ3n) is 0.849. The predicted molar refractivity (Wildman–Crippen MR) is 36.2 cm³/mol. The number of rotatable bonds is 0. The normalized spacial score (nSPS) is 10.8. The number of carbonyl (C=O) groups excluding carboxylic acids is 2. The second-order valence-electron chi connectivity index (χ2n) is 3.13. The van der Waals surface area contributed by atoms with Crippen LogP contribution in [0, 0.1) is 5.41 Å². The Morgan fingerprint density at radius 2 is 1.60 bits per heavy atom. The van der Waals surface area contributed by atoms with E-state index in [-0.39, 0.29) is 0 Å². The van der Waals surface area contributed by atoms with Gasteiger partial charge in [-0.2, -0.15) is 0 Å². The SMILES string of the molecule is CC(=O)OC(=O)C(C)(C)C. The Morgan fingerprint density at radius 1 is 1.20 bits per heavy atom. The molecule has 10 heavy (non-hydrogen) atoms. The lowest BCUT2D eigenvalue weighted by atomic mass is 9.97. The van der Waals surface area contributed by atoms with Crippen molar-refractivity contribution >= 4 is 11.9 Å². The van der Waals surface area contributed by atoms with E-state index in [1.807, 2.05) is 0 Å². The Bertz CT molecular complexity index is 153. The molecule has 0 aromatic heterocycles. The second kappa shape index (κ2) is 2.82. The smallest absolute Gasteiger partial charge is 0.318 e. The van der Waals surface area contributed by atoms with Crippen LogP contribution in [0.3, 0.4) is 0 Å². The summed E-state index contributed by atoms with van der Waals surface area (Å²) in [6.45, 7) is 6.29. The van der Waals surface area contributed by atoms with Gasteiger partial charge in [-0.25, -0.2) is 0 Å². The lowest BCUT2D eigenvalue weighted by molar-refractivity contribution is -0.164. The van der Waals surface area contributed by atoms with E-state index in [0.717, 1.165) is 0 Å². The third-order valence-corrected chi connectivity index (χ3v) is 0.849. The van der Waals surface area contributed by atoms with Crippen molar-refractivity contribution in [3.8, 4) is 0 Å². The molecule has 0 radical (unpaired) electrons. The van der Waals surface area contributed by atoms with Gasteiger partial charge in [0.25, 0.3) is 0 Å². The van der Waals surface area contributed by atoms with Gasteiger partial charge in [0, 0.05) is 6.92 Å². The molecule has 0 amide bonds. The minimum absolute atomic E-state index is 0.486. The molecule has 0 N–H and O–H groups in total. The first kappa shape index (κ1) is 9.14. The lowest BCUT2D eigenvalue weighted by Crippen LogP contribution is -2.24. The fourth-order valence-electron chi connectivity index (χ4n) is 0.284. The third kappa shape index (κ3) is 3.22. The molecule has 0 aromatic carbocycles. The van der Waals surface area contributed by atoms with Gasteiger partial charge in [-0.15, -0.1) is 0 Å². The van der Waals surface area contributed by atoms with Crippen molar-refractivity contribution in [1.82, 2.24) is 0 Å². The Morgan fingerprint density at radius 3 is 1.70 bits per heavy atom. The van der Waals surface area contributed by atoms with Gasteiger partial charge >= 0.3 is 11.9 Å². The summed E-state index contributed by atoms with van der Waals surface area (Å²) in [5.74, 6) is -1.04. The van der Waals surface area contributed by atoms with Crippen LogP contribution in [-0.4, -0.2) is 11.9 Å². The van der Waals surface area contributed by atoms with Crippen molar-refractivity contribution < 1.29 is 14.3 Å². The van der Waals surface area contributed by atoms with Crippen LogP contribution in [0.5, 0.6) is 0 Å². The van der Waals surface area contributed by atoms with Crippen molar-refractivity contribution in [3.63, 3.8) is 0 Å². The first-order chi connectivity index (χ1) is 4.34. The van der Waals surface area contributed by atoms with Crippen LogP contribution >= 0.6 is 0 Å². The first-order valence-corrected chi connectivity index (χ1v) is 3.07. The van der Waals surface area contributed by atoms with Gasteiger partial charge < -0.3 is 4.74 Å². The molecular formula is C7H12O3. The van der Waals surface area contributed by atoms with Gasteiger partial charge in [-0.3, -0.25) is 9.59 Å². The first-order valence-electron chi connectivity index (χ1n) is 3.07. The molecule has 3 heteroatoms. The summed E-state index contributed by atoms with van der Waals surface area (Å²) in [6, 6.07) is 0. The van der Waals surface area contributed by atoms with Crippen LogP contribution in [0.15, 0.2) is 0 Å². The number of hydrogen-bond acceptors (Lipinski definition) is 3. The summed E-state index contributed by atoms with van der Waals surface area (Å²) in [7, 11) is 0. The number of ether oxygens (including phenoxy) is 1. The van der Waals surface area contributed by atoms with Gasteiger partial charge in [0.05, 0.1) is 5.41 Å². The lowest BCUT2D eigenvalue weighted by Gasteiger charge is -2.13. The summed E-state index contributed by atoms with van der Waals surface area (Å²) in [5, 5.41) is 0. The Balaban J connectivity index is 3.99. The molecule has 0 fully saturated rings. The zero-order valence-electron chi connectivity index (χ0n) is 6.72. The molecule has 0 aliphatic heterocycles. The second-order valence-corrected chi connectivity index (χ2v) is 3.13. The molecule has 3 nitrogen and oxygen atoms in total. The maximum absolute atomic E-state index is 10.8. The fourth-order valence-corrected chi connectivity index (χ4v) is 0.284. The summed E-state index contributed by atoms with van der Waals surface area (Å²) >= 11 is 0. The zero-order valence-corrected chi connectivity index (χ0v) is 6.72. The van der Waals surface area contributed by atoms with Crippen molar-refractivity contribution in [2.24, 2.45) is 5.41 Å². The molecule has 0 saturated carbocycles. The van der Waals surface area contributed by atoms with E-state index in [9.17, 15) is 9.59 Å². The molecule has 0 unspecified atom stereocenters. The quantitative estimate of drug-likeness (QED) is 0.378. The highest BCUT2D eigenvalue weighted by Gasteiger charge is 2.24. The highest BCUT2D eigenvalue weighted by atomic mass is 16.6. The van der Waals surface area contributed by atoms with E-state index in [2.05, 4.69) is 4.74 Å². The fraction of sp³-hybridized carbons (Fsp3) is 0.714. The van der Waals surface area contributed by atoms with E-state index in [1.165, 1.54) is 6.92 Å². The number of esters is 2. The minimum Gasteiger partial charge on any atom is -0.393 e. The molecule has 0 heterocycles. The predicted octanol–water partition coefficient (Wildman–Crippen LogP) is 1.12. The molecule has 0 spiro atoms. The average molecular weight is 144 g/mol. The van der Waals surface area contributed by atoms with Crippen LogP contribution in [0.1, 0.15) is 27.7 Å². The van der Waals surface area contributed by atoms with Crippen LogP contribution in [-0.2, 0) is 14.3 Å². The standard InChI is InChI=1S/C7H12O3/c1-5(8)10-6(9)7(2,3)4/h1-4H3. The van der Waals surface area contributed by atoms with Crippen molar-refractivity contribution in [1.29, 1.82) is 0 Å². The molecule has 0 aliphatic rings. The largest absolute Gasteiger partial charge is 0.393 e. The summed E-state index contributed by atoms with van der Waals surface area (Å²) in [4.78, 5) is 21.1. The van der Waals surface area contributed by atoms with Crippen LogP contribution in [0.4, 0.5) is 0 Å². The maximum atomic E-state index is 10.8. The molecule has 0 aromatic rings. The molecule has 58 valence electrons. The Labute approximate surface area is 60.4 Å². The molecule has 0 bridgehead atoms. The Kier molecular flexibility index (Phi) is 2.57. The van der Waals surface area contributed by atoms with E-state index in [4.69, 9.17) is 0 Å². The van der Waals surface area contributed by atoms with Gasteiger partial charge in [0.15, 0.2) is 0 Å². The zero-order chi connectivity index (χ0) is 8.36. The van der Waals surface area contributed by atoms with Crippen LogP contribution in [0.2, 0.25) is 0 Å². The van der Waals surface area contributed by atoms with Crippen molar-refractivity contribution in [3.05, 3.63) is 0 Å². The van der Waals surface area contributed by atoms with E-state index in [0.29, 0.717) is 0 Å². The Hall–Kier alpha value is -0.860. The molecule has 0 atom stereocenters. The van der Waals surface area contributed by atoms with Gasteiger partial charge in [-0.1, -0.05) is 0 Å². The van der Waals surface area contributed by atoms with Gasteiger partial charge in [0.2, 0.25) is 0 Å². The molecule has 0 saturated heterocycles. The average Bonchev–Trinajstić information content (AvgIpc) is 1.60. The van der Waals surface area contributed by atoms with E-state index < -0.39 is 17.4 Å². The van der Waals surface area contributed by atoms with Gasteiger partial charge in [0.1, 0.15) is 0 Å². The highest BCUT2D eigenvalue weighted by molar-refractivity contribution is 5.87. The maximum Gasteiger partial charge on any atom is 0.318 e. The van der Waals surface area contributed by atoms with Crippen molar-refractivity contribution in [2.45, 2.75) is 27.7 Å².